The number of anilines is 1. The van der Waals surface area contributed by atoms with Crippen molar-refractivity contribution in [2.75, 3.05) is 24.2 Å². The minimum Gasteiger partial charge on any atom is -0.489 e. The topological polar surface area (TPSA) is 84.0 Å². The van der Waals surface area contributed by atoms with E-state index in [2.05, 4.69) is 14.9 Å². The number of thioether (sulfide) groups is 1. The van der Waals surface area contributed by atoms with Crippen LogP contribution in [0.15, 0.2) is 35.7 Å². The first-order chi connectivity index (χ1) is 11.2. The second-order valence-electron chi connectivity index (χ2n) is 5.48. The molecule has 0 spiro atoms. The lowest BCUT2D eigenvalue weighted by atomic mass is 10.0. The van der Waals surface area contributed by atoms with E-state index >= 15 is 0 Å². The maximum Gasteiger partial charge on any atom is 0.316 e. The molecule has 1 atom stereocenters. The average molecular weight is 333 g/mol. The van der Waals surface area contributed by atoms with Crippen molar-refractivity contribution in [3.63, 3.8) is 0 Å². The Morgan fingerprint density at radius 2 is 2.43 bits per heavy atom. The molecule has 1 aliphatic rings. The molecule has 4 N–H and O–H groups in total. The standard InChI is InChI=1S/C16H20N4O2S/c1-11(21)19-13-2-3-15-12(8-13)9-14(10-22-15)20-6-5-18-16(20)23-7-4-17/h2-3,5-6,8,14H,4,7,9-10,17H2,1H3,(H,19,21)/p+1/t14-/m1/s1. The quantitative estimate of drug-likeness (QED) is 0.572. The van der Waals surface area contributed by atoms with Crippen LogP contribution in [0.1, 0.15) is 18.5 Å². The van der Waals surface area contributed by atoms with Crippen molar-refractivity contribution in [3.05, 3.63) is 36.2 Å². The highest BCUT2D eigenvalue weighted by Crippen LogP contribution is 2.30. The normalized spacial score (nSPS) is 16.5. The van der Waals surface area contributed by atoms with Crippen molar-refractivity contribution in [1.29, 1.82) is 0 Å². The zero-order valence-electron chi connectivity index (χ0n) is 13.0. The zero-order valence-corrected chi connectivity index (χ0v) is 13.9. The first-order valence-corrected chi connectivity index (χ1v) is 8.60. The number of carbonyl (C=O) groups is 1. The monoisotopic (exact) mass is 333 g/mol. The van der Waals surface area contributed by atoms with Crippen LogP contribution in [0.5, 0.6) is 5.75 Å². The maximum absolute atomic E-state index is 11.2. The van der Waals surface area contributed by atoms with Gasteiger partial charge in [-0.3, -0.25) is 4.79 Å². The summed E-state index contributed by atoms with van der Waals surface area (Å²) < 4.78 is 8.10. The van der Waals surface area contributed by atoms with Crippen molar-refractivity contribution in [2.24, 2.45) is 5.73 Å². The van der Waals surface area contributed by atoms with Gasteiger partial charge in [0, 0.05) is 36.9 Å². The zero-order chi connectivity index (χ0) is 16.2. The number of carbonyl (C=O) groups excluding carboxylic acids is 1. The summed E-state index contributed by atoms with van der Waals surface area (Å²) in [5, 5.41) is 3.91. The first kappa shape index (κ1) is 15.9. The summed E-state index contributed by atoms with van der Waals surface area (Å²) in [5.41, 5.74) is 7.50. The lowest BCUT2D eigenvalue weighted by molar-refractivity contribution is -0.757. The van der Waals surface area contributed by atoms with Gasteiger partial charge in [-0.05, 0) is 30.0 Å². The lowest BCUT2D eigenvalue weighted by Gasteiger charge is -2.24. The predicted molar refractivity (Wildman–Crippen MR) is 89.7 cm³/mol. The highest BCUT2D eigenvalue weighted by molar-refractivity contribution is 7.99. The minimum atomic E-state index is -0.0706. The van der Waals surface area contributed by atoms with Crippen molar-refractivity contribution < 1.29 is 14.1 Å². The Balaban J connectivity index is 1.79. The second kappa shape index (κ2) is 7.06. The largest absolute Gasteiger partial charge is 0.489 e. The van der Waals surface area contributed by atoms with Gasteiger partial charge in [0.1, 0.15) is 30.8 Å². The highest BCUT2D eigenvalue weighted by Gasteiger charge is 2.27. The summed E-state index contributed by atoms with van der Waals surface area (Å²) in [7, 11) is 0. The fraction of sp³-hybridized carbons (Fsp3) is 0.375. The fourth-order valence-electron chi connectivity index (χ4n) is 2.73. The fourth-order valence-corrected chi connectivity index (χ4v) is 3.55. The maximum atomic E-state index is 11.2. The molecule has 0 saturated carbocycles. The number of fused-ring (bicyclic) bond motifs is 1. The number of ether oxygens (including phenoxy) is 1. The molecule has 0 bridgehead atoms. The number of aromatic amines is 1. The van der Waals surface area contributed by atoms with Crippen LogP contribution in [0.3, 0.4) is 0 Å². The number of benzene rings is 1. The van der Waals surface area contributed by atoms with Gasteiger partial charge in [0.15, 0.2) is 0 Å². The van der Waals surface area contributed by atoms with E-state index in [1.807, 2.05) is 30.6 Å². The third-order valence-electron chi connectivity index (χ3n) is 3.69. The van der Waals surface area contributed by atoms with Gasteiger partial charge in [0.05, 0.1) is 0 Å². The summed E-state index contributed by atoms with van der Waals surface area (Å²) in [4.78, 5) is 14.5. The van der Waals surface area contributed by atoms with Crippen LogP contribution >= 0.6 is 11.8 Å². The van der Waals surface area contributed by atoms with E-state index in [1.165, 1.54) is 6.92 Å². The number of nitrogens with one attached hydrogen (secondary N) is 2. The van der Waals surface area contributed by atoms with E-state index in [0.29, 0.717) is 13.2 Å². The van der Waals surface area contributed by atoms with Gasteiger partial charge in [-0.25, -0.2) is 9.55 Å². The van der Waals surface area contributed by atoms with Crippen molar-refractivity contribution in [3.8, 4) is 5.75 Å². The number of rotatable bonds is 5. The van der Waals surface area contributed by atoms with Crippen LogP contribution in [-0.4, -0.2) is 29.8 Å². The predicted octanol–water partition coefficient (Wildman–Crippen LogP) is 1.49. The molecule has 7 heteroatoms. The smallest absolute Gasteiger partial charge is 0.316 e. The summed E-state index contributed by atoms with van der Waals surface area (Å²) in [6.07, 6.45) is 4.83. The number of H-pyrrole nitrogens is 1. The Hall–Kier alpha value is -1.99. The Bertz CT molecular complexity index is 701. The lowest BCUT2D eigenvalue weighted by Crippen LogP contribution is -2.45. The molecule has 3 rings (SSSR count). The van der Waals surface area contributed by atoms with E-state index in [-0.39, 0.29) is 11.9 Å². The molecular weight excluding hydrogens is 312 g/mol. The molecule has 0 unspecified atom stereocenters. The molecule has 0 aliphatic carbocycles. The number of nitrogens with zero attached hydrogens (tertiary/aromatic N) is 1. The molecular formula is C16H21N4O2S+. The second-order valence-corrected chi connectivity index (χ2v) is 6.57. The molecule has 1 aromatic carbocycles. The molecule has 0 saturated heterocycles. The molecule has 6 nitrogen and oxygen atoms in total. The highest BCUT2D eigenvalue weighted by atomic mass is 32.2. The molecule has 23 heavy (non-hydrogen) atoms. The number of imidazole rings is 1. The van der Waals surface area contributed by atoms with Crippen LogP contribution in [0.4, 0.5) is 5.69 Å². The third-order valence-corrected chi connectivity index (χ3v) is 4.74. The number of aromatic nitrogens is 2. The van der Waals surface area contributed by atoms with Gasteiger partial charge in [0.25, 0.3) is 0 Å². The summed E-state index contributed by atoms with van der Waals surface area (Å²) in [5.74, 6) is 1.69. The van der Waals surface area contributed by atoms with Crippen molar-refractivity contribution in [2.45, 2.75) is 24.5 Å². The Labute approximate surface area is 139 Å². The molecule has 122 valence electrons. The van der Waals surface area contributed by atoms with E-state index in [0.717, 1.165) is 34.3 Å². The van der Waals surface area contributed by atoms with Gasteiger partial charge in [-0.2, -0.15) is 0 Å². The van der Waals surface area contributed by atoms with E-state index < -0.39 is 0 Å². The minimum absolute atomic E-state index is 0.0706. The molecule has 0 fully saturated rings. The van der Waals surface area contributed by atoms with Gasteiger partial charge < -0.3 is 15.8 Å². The SMILES string of the molecule is CC(=O)Nc1ccc2c(c1)C[C@@H]([n+]1cc[nH]c1SCCN)CO2. The molecule has 0 radical (unpaired) electrons. The van der Waals surface area contributed by atoms with Crippen LogP contribution in [0, 0.1) is 0 Å². The van der Waals surface area contributed by atoms with E-state index in [4.69, 9.17) is 10.5 Å². The summed E-state index contributed by atoms with van der Waals surface area (Å²) in [6.45, 7) is 2.79. The van der Waals surface area contributed by atoms with Gasteiger partial charge in [-0.15, -0.1) is 0 Å². The summed E-state index contributed by atoms with van der Waals surface area (Å²) >= 11 is 1.71. The van der Waals surface area contributed by atoms with Crippen molar-refractivity contribution >= 4 is 23.4 Å². The van der Waals surface area contributed by atoms with Gasteiger partial charge in [0.2, 0.25) is 5.91 Å². The van der Waals surface area contributed by atoms with Crippen LogP contribution < -0.4 is 20.4 Å². The molecule has 1 aliphatic heterocycles. The molecule has 1 aromatic heterocycles. The Kier molecular flexibility index (Phi) is 4.88. The molecule has 2 heterocycles. The average Bonchev–Trinajstić information content (AvgIpc) is 3.00. The summed E-state index contributed by atoms with van der Waals surface area (Å²) in [6, 6.07) is 6.00. The number of hydrogen-bond donors (Lipinski definition) is 3. The van der Waals surface area contributed by atoms with Gasteiger partial charge >= 0.3 is 5.16 Å². The van der Waals surface area contributed by atoms with Crippen LogP contribution in [-0.2, 0) is 11.2 Å². The Morgan fingerprint density at radius 1 is 1.57 bits per heavy atom. The molecule has 2 aromatic rings. The van der Waals surface area contributed by atoms with E-state index in [9.17, 15) is 4.79 Å². The number of hydrogen-bond acceptors (Lipinski definition) is 4. The van der Waals surface area contributed by atoms with Crippen molar-refractivity contribution in [1.82, 2.24) is 4.98 Å². The number of amides is 1. The number of nitrogens with two attached hydrogens (primary N) is 1. The van der Waals surface area contributed by atoms with Gasteiger partial charge in [-0.1, -0.05) is 0 Å². The Morgan fingerprint density at radius 3 is 3.22 bits per heavy atom. The van der Waals surface area contributed by atoms with Crippen LogP contribution in [0.2, 0.25) is 0 Å². The third kappa shape index (κ3) is 3.68. The molecule has 1 amide bonds. The van der Waals surface area contributed by atoms with E-state index in [1.54, 1.807) is 11.8 Å². The first-order valence-electron chi connectivity index (χ1n) is 7.62. The van der Waals surface area contributed by atoms with Crippen LogP contribution in [0.25, 0.3) is 0 Å².